The van der Waals surface area contributed by atoms with Crippen molar-refractivity contribution < 1.29 is 0 Å². The summed E-state index contributed by atoms with van der Waals surface area (Å²) in [6, 6.07) is 1.73. The highest BCUT2D eigenvalue weighted by molar-refractivity contribution is 6.18. The van der Waals surface area contributed by atoms with E-state index < -0.39 is 0 Å². The van der Waals surface area contributed by atoms with E-state index in [-0.39, 0.29) is 0 Å². The summed E-state index contributed by atoms with van der Waals surface area (Å²) in [5.74, 6) is 6.33. The van der Waals surface area contributed by atoms with Gasteiger partial charge in [0.2, 0.25) is 0 Å². The summed E-state index contributed by atoms with van der Waals surface area (Å²) in [4.78, 5) is 3.91. The van der Waals surface area contributed by atoms with Gasteiger partial charge in [0.05, 0.1) is 11.3 Å². The lowest BCUT2D eigenvalue weighted by Crippen LogP contribution is -1.90. The molecule has 0 radical (unpaired) electrons. The molecule has 12 heavy (non-hydrogen) atoms. The van der Waals surface area contributed by atoms with Crippen LogP contribution in [0.2, 0.25) is 0 Å². The SMILES string of the molecule is Nc1ccncc1C#CCCCl. The molecule has 1 heterocycles. The first-order chi connectivity index (χ1) is 5.84. The first-order valence-electron chi connectivity index (χ1n) is 3.59. The van der Waals surface area contributed by atoms with Crippen LogP contribution in [0.15, 0.2) is 18.5 Å². The smallest absolute Gasteiger partial charge is 0.0658 e. The van der Waals surface area contributed by atoms with Crippen molar-refractivity contribution in [2.45, 2.75) is 6.42 Å². The van der Waals surface area contributed by atoms with Gasteiger partial charge in [0, 0.05) is 24.7 Å². The fourth-order valence-electron chi connectivity index (χ4n) is 0.715. The Kier molecular flexibility index (Phi) is 3.43. The molecule has 3 heteroatoms. The minimum absolute atomic E-state index is 0.549. The molecule has 0 spiro atoms. The van der Waals surface area contributed by atoms with E-state index in [1.54, 1.807) is 18.5 Å². The predicted octanol–water partition coefficient (Wildman–Crippen LogP) is 1.64. The molecule has 0 bridgehead atoms. The predicted molar refractivity (Wildman–Crippen MR) is 50.9 cm³/mol. The summed E-state index contributed by atoms with van der Waals surface area (Å²) in [7, 11) is 0. The molecule has 1 rings (SSSR count). The van der Waals surface area contributed by atoms with Gasteiger partial charge in [-0.15, -0.1) is 11.6 Å². The second-order valence-corrected chi connectivity index (χ2v) is 2.58. The van der Waals surface area contributed by atoms with Crippen LogP contribution in [0.5, 0.6) is 0 Å². The lowest BCUT2D eigenvalue weighted by atomic mass is 10.2. The third-order valence-corrected chi connectivity index (χ3v) is 1.49. The molecular weight excluding hydrogens is 172 g/mol. The molecule has 0 fully saturated rings. The lowest BCUT2D eigenvalue weighted by molar-refractivity contribution is 1.28. The van der Waals surface area contributed by atoms with E-state index in [1.165, 1.54) is 0 Å². The van der Waals surface area contributed by atoms with Gasteiger partial charge in [-0.3, -0.25) is 4.98 Å². The van der Waals surface area contributed by atoms with Crippen LogP contribution in [0.1, 0.15) is 12.0 Å². The van der Waals surface area contributed by atoms with Crippen molar-refractivity contribution in [1.82, 2.24) is 4.98 Å². The normalized spacial score (nSPS) is 8.75. The number of aromatic nitrogens is 1. The Labute approximate surface area is 76.8 Å². The molecule has 0 aromatic carbocycles. The first-order valence-corrected chi connectivity index (χ1v) is 4.12. The molecule has 0 atom stereocenters. The average Bonchev–Trinajstić information content (AvgIpc) is 2.09. The van der Waals surface area contributed by atoms with Crippen molar-refractivity contribution in [1.29, 1.82) is 0 Å². The van der Waals surface area contributed by atoms with Crippen molar-refractivity contribution in [3.63, 3.8) is 0 Å². The van der Waals surface area contributed by atoms with Crippen LogP contribution >= 0.6 is 11.6 Å². The van der Waals surface area contributed by atoms with Gasteiger partial charge in [0.25, 0.3) is 0 Å². The molecular formula is C9H9ClN2. The highest BCUT2D eigenvalue weighted by Crippen LogP contribution is 2.05. The number of pyridine rings is 1. The Bertz CT molecular complexity index is 312. The molecule has 0 amide bonds. The fourth-order valence-corrected chi connectivity index (χ4v) is 0.809. The minimum atomic E-state index is 0.549. The van der Waals surface area contributed by atoms with E-state index >= 15 is 0 Å². The van der Waals surface area contributed by atoms with E-state index in [1.807, 2.05) is 0 Å². The highest BCUT2D eigenvalue weighted by atomic mass is 35.5. The molecule has 1 aromatic heterocycles. The van der Waals surface area contributed by atoms with Crippen molar-refractivity contribution in [2.75, 3.05) is 11.6 Å². The van der Waals surface area contributed by atoms with Crippen LogP contribution in [0.25, 0.3) is 0 Å². The molecule has 0 saturated heterocycles. The molecule has 0 unspecified atom stereocenters. The molecule has 0 aliphatic rings. The van der Waals surface area contributed by atoms with E-state index in [2.05, 4.69) is 16.8 Å². The number of nitrogens with two attached hydrogens (primary N) is 1. The summed E-state index contributed by atoms with van der Waals surface area (Å²) in [6.45, 7) is 0. The van der Waals surface area contributed by atoms with E-state index in [4.69, 9.17) is 17.3 Å². The molecule has 1 aromatic rings. The summed E-state index contributed by atoms with van der Waals surface area (Å²) >= 11 is 5.46. The van der Waals surface area contributed by atoms with E-state index in [0.717, 1.165) is 5.56 Å². The monoisotopic (exact) mass is 180 g/mol. The molecule has 0 saturated carbocycles. The number of nitrogen functional groups attached to an aromatic ring is 1. The maximum Gasteiger partial charge on any atom is 0.0658 e. The maximum absolute atomic E-state index is 5.63. The first kappa shape index (κ1) is 8.89. The lowest BCUT2D eigenvalue weighted by Gasteiger charge is -1.93. The Morgan fingerprint density at radius 2 is 2.42 bits per heavy atom. The van der Waals surface area contributed by atoms with Crippen LogP contribution in [0.3, 0.4) is 0 Å². The molecule has 62 valence electrons. The van der Waals surface area contributed by atoms with Crippen LogP contribution in [-0.4, -0.2) is 10.9 Å². The van der Waals surface area contributed by atoms with Gasteiger partial charge >= 0.3 is 0 Å². The number of anilines is 1. The molecule has 2 nitrogen and oxygen atoms in total. The number of halogens is 1. The van der Waals surface area contributed by atoms with Gasteiger partial charge < -0.3 is 5.73 Å². The second-order valence-electron chi connectivity index (χ2n) is 2.20. The Morgan fingerprint density at radius 3 is 3.08 bits per heavy atom. The molecule has 0 aliphatic heterocycles. The fraction of sp³-hybridized carbons (Fsp3) is 0.222. The number of hydrogen-bond acceptors (Lipinski definition) is 2. The van der Waals surface area contributed by atoms with Crippen molar-refractivity contribution in [3.8, 4) is 11.8 Å². The third-order valence-electron chi connectivity index (χ3n) is 1.30. The van der Waals surface area contributed by atoms with Crippen LogP contribution in [0.4, 0.5) is 5.69 Å². The Morgan fingerprint density at radius 1 is 1.58 bits per heavy atom. The number of rotatable bonds is 1. The van der Waals surface area contributed by atoms with Gasteiger partial charge in [-0.1, -0.05) is 11.8 Å². The second kappa shape index (κ2) is 4.63. The summed E-state index contributed by atoms with van der Waals surface area (Å²) < 4.78 is 0. The summed E-state index contributed by atoms with van der Waals surface area (Å²) in [5.41, 5.74) is 7.05. The van der Waals surface area contributed by atoms with Gasteiger partial charge in [-0.05, 0) is 6.07 Å². The van der Waals surface area contributed by atoms with Crippen molar-refractivity contribution >= 4 is 17.3 Å². The zero-order chi connectivity index (χ0) is 8.81. The van der Waals surface area contributed by atoms with Gasteiger partial charge in [-0.2, -0.15) is 0 Å². The number of alkyl halides is 1. The topological polar surface area (TPSA) is 38.9 Å². The highest BCUT2D eigenvalue weighted by Gasteiger charge is 1.91. The van der Waals surface area contributed by atoms with Crippen molar-refractivity contribution in [2.24, 2.45) is 0 Å². The largest absolute Gasteiger partial charge is 0.398 e. The Balaban J connectivity index is 2.77. The zero-order valence-electron chi connectivity index (χ0n) is 6.55. The summed E-state index contributed by atoms with van der Waals surface area (Å²) in [6.07, 6.45) is 3.97. The van der Waals surface area contributed by atoms with Gasteiger partial charge in [0.1, 0.15) is 0 Å². The van der Waals surface area contributed by atoms with Crippen LogP contribution in [-0.2, 0) is 0 Å². The Hall–Kier alpha value is -1.20. The van der Waals surface area contributed by atoms with Gasteiger partial charge in [-0.25, -0.2) is 0 Å². The van der Waals surface area contributed by atoms with Crippen LogP contribution < -0.4 is 5.73 Å². The minimum Gasteiger partial charge on any atom is -0.398 e. The summed E-state index contributed by atoms with van der Waals surface area (Å²) in [5, 5.41) is 0. The van der Waals surface area contributed by atoms with E-state index in [0.29, 0.717) is 18.0 Å². The van der Waals surface area contributed by atoms with Crippen molar-refractivity contribution in [3.05, 3.63) is 24.0 Å². The zero-order valence-corrected chi connectivity index (χ0v) is 7.30. The van der Waals surface area contributed by atoms with Gasteiger partial charge in [0.15, 0.2) is 0 Å². The van der Waals surface area contributed by atoms with Crippen LogP contribution in [0, 0.1) is 11.8 Å². The maximum atomic E-state index is 5.63. The molecule has 2 N–H and O–H groups in total. The third kappa shape index (κ3) is 2.44. The van der Waals surface area contributed by atoms with E-state index in [9.17, 15) is 0 Å². The molecule has 0 aliphatic carbocycles. The number of nitrogens with zero attached hydrogens (tertiary/aromatic N) is 1. The quantitative estimate of drug-likeness (QED) is 0.527. The average molecular weight is 181 g/mol. The number of hydrogen-bond donors (Lipinski definition) is 1. The standard InChI is InChI=1S/C9H9ClN2/c10-5-2-1-3-8-7-12-6-4-9(8)11/h4,6-7H,2,5H2,(H2,11,12).